The maximum Gasteiger partial charge on any atom is 0.264 e. The SMILES string of the molecule is CCNS(=O)(=O)c1cc(F)ccc1NS(=O)(=O)c1cccc2cccnc12. The molecule has 0 unspecified atom stereocenters. The Bertz CT molecular complexity index is 1210. The lowest BCUT2D eigenvalue weighted by molar-refractivity contribution is 0.580. The van der Waals surface area contributed by atoms with Crippen LogP contribution in [-0.4, -0.2) is 28.4 Å². The minimum absolute atomic E-state index is 0.0677. The second kappa shape index (κ2) is 7.22. The number of hydrogen-bond donors (Lipinski definition) is 2. The molecule has 3 aromatic rings. The van der Waals surface area contributed by atoms with Gasteiger partial charge in [-0.2, -0.15) is 0 Å². The molecule has 142 valence electrons. The van der Waals surface area contributed by atoms with Gasteiger partial charge in [-0.15, -0.1) is 0 Å². The molecule has 7 nitrogen and oxygen atoms in total. The van der Waals surface area contributed by atoms with Gasteiger partial charge in [0, 0.05) is 18.1 Å². The van der Waals surface area contributed by atoms with E-state index in [1.165, 1.54) is 12.3 Å². The van der Waals surface area contributed by atoms with Crippen molar-refractivity contribution in [2.24, 2.45) is 0 Å². The average Bonchev–Trinajstić information content (AvgIpc) is 2.62. The number of benzene rings is 2. The van der Waals surface area contributed by atoms with Crippen molar-refractivity contribution in [1.29, 1.82) is 0 Å². The van der Waals surface area contributed by atoms with Crippen molar-refractivity contribution in [3.63, 3.8) is 0 Å². The van der Waals surface area contributed by atoms with E-state index in [1.807, 2.05) is 0 Å². The van der Waals surface area contributed by atoms with Gasteiger partial charge in [0.15, 0.2) is 0 Å². The van der Waals surface area contributed by atoms with E-state index in [9.17, 15) is 21.2 Å². The molecule has 0 fully saturated rings. The third-order valence-corrected chi connectivity index (χ3v) is 6.68. The predicted molar refractivity (Wildman–Crippen MR) is 99.8 cm³/mol. The summed E-state index contributed by atoms with van der Waals surface area (Å²) in [6.07, 6.45) is 1.46. The van der Waals surface area contributed by atoms with Gasteiger partial charge in [0.25, 0.3) is 10.0 Å². The zero-order valence-electron chi connectivity index (χ0n) is 14.2. The van der Waals surface area contributed by atoms with Gasteiger partial charge in [0.1, 0.15) is 15.6 Å². The molecule has 27 heavy (non-hydrogen) atoms. The van der Waals surface area contributed by atoms with Gasteiger partial charge in [-0.25, -0.2) is 25.9 Å². The van der Waals surface area contributed by atoms with Gasteiger partial charge in [0.2, 0.25) is 10.0 Å². The van der Waals surface area contributed by atoms with Gasteiger partial charge in [-0.3, -0.25) is 9.71 Å². The first-order valence-electron chi connectivity index (χ1n) is 7.90. The lowest BCUT2D eigenvalue weighted by Gasteiger charge is -2.14. The van der Waals surface area contributed by atoms with E-state index >= 15 is 0 Å². The van der Waals surface area contributed by atoms with E-state index in [1.54, 1.807) is 31.2 Å². The maximum absolute atomic E-state index is 13.6. The topological polar surface area (TPSA) is 105 Å². The highest BCUT2D eigenvalue weighted by atomic mass is 32.2. The maximum atomic E-state index is 13.6. The molecular formula is C17H16FN3O4S2. The minimum atomic E-state index is -4.18. The third-order valence-electron chi connectivity index (χ3n) is 3.70. The highest BCUT2D eigenvalue weighted by molar-refractivity contribution is 7.93. The van der Waals surface area contributed by atoms with Crippen molar-refractivity contribution >= 4 is 36.6 Å². The monoisotopic (exact) mass is 409 g/mol. The summed E-state index contributed by atoms with van der Waals surface area (Å²) < 4.78 is 68.4. The molecule has 10 heteroatoms. The molecule has 2 aromatic carbocycles. The first-order valence-corrected chi connectivity index (χ1v) is 10.9. The Labute approximate surface area is 156 Å². The van der Waals surface area contributed by atoms with Gasteiger partial charge < -0.3 is 0 Å². The summed E-state index contributed by atoms with van der Waals surface area (Å²) in [6, 6.07) is 10.8. The Hall–Kier alpha value is -2.56. The fourth-order valence-corrected chi connectivity index (χ4v) is 5.10. The van der Waals surface area contributed by atoms with Gasteiger partial charge in [-0.05, 0) is 30.3 Å². The molecule has 0 saturated heterocycles. The van der Waals surface area contributed by atoms with E-state index in [-0.39, 0.29) is 22.6 Å². The fraction of sp³-hybridized carbons (Fsp3) is 0.118. The number of pyridine rings is 1. The molecule has 0 aliphatic rings. The quantitative estimate of drug-likeness (QED) is 0.651. The molecule has 1 aromatic heterocycles. The van der Waals surface area contributed by atoms with Crippen molar-refractivity contribution in [1.82, 2.24) is 9.71 Å². The van der Waals surface area contributed by atoms with Crippen molar-refractivity contribution in [2.75, 3.05) is 11.3 Å². The van der Waals surface area contributed by atoms with Crippen molar-refractivity contribution in [2.45, 2.75) is 16.7 Å². The van der Waals surface area contributed by atoms with Crippen LogP contribution in [0.15, 0.2) is 64.5 Å². The molecular weight excluding hydrogens is 393 g/mol. The lowest BCUT2D eigenvalue weighted by Crippen LogP contribution is -2.25. The molecule has 0 atom stereocenters. The highest BCUT2D eigenvalue weighted by Gasteiger charge is 2.24. The lowest BCUT2D eigenvalue weighted by atomic mass is 10.2. The second-order valence-corrected chi connectivity index (χ2v) is 8.96. The van der Waals surface area contributed by atoms with Gasteiger partial charge >= 0.3 is 0 Å². The number of sulfonamides is 2. The molecule has 1 heterocycles. The summed E-state index contributed by atoms with van der Waals surface area (Å²) in [5.74, 6) is -0.804. The molecule has 0 aliphatic carbocycles. The van der Waals surface area contributed by atoms with Crippen LogP contribution in [0, 0.1) is 5.82 Å². The number of nitrogens with zero attached hydrogens (tertiary/aromatic N) is 1. The van der Waals surface area contributed by atoms with E-state index in [0.29, 0.717) is 5.39 Å². The largest absolute Gasteiger partial charge is 0.278 e. The zero-order valence-corrected chi connectivity index (χ0v) is 15.8. The number of para-hydroxylation sites is 1. The summed E-state index contributed by atoms with van der Waals surface area (Å²) in [7, 11) is -8.27. The van der Waals surface area contributed by atoms with Crippen LogP contribution >= 0.6 is 0 Å². The molecule has 0 radical (unpaired) electrons. The van der Waals surface area contributed by atoms with Crippen LogP contribution in [0.1, 0.15) is 6.92 Å². The smallest absolute Gasteiger partial charge is 0.264 e. The normalized spacial score (nSPS) is 12.2. The Kier molecular flexibility index (Phi) is 5.13. The number of nitrogens with one attached hydrogen (secondary N) is 2. The number of hydrogen-bond acceptors (Lipinski definition) is 5. The molecule has 2 N–H and O–H groups in total. The standard InChI is InChI=1S/C17H16FN3O4S2/c1-2-20-26(22,23)16-11-13(18)8-9-14(16)21-27(24,25)15-7-3-5-12-6-4-10-19-17(12)15/h3-11,20-21H,2H2,1H3. The minimum Gasteiger partial charge on any atom is -0.278 e. The van der Waals surface area contributed by atoms with E-state index < -0.39 is 30.8 Å². The Morgan fingerprint density at radius 2 is 1.70 bits per heavy atom. The zero-order chi connectivity index (χ0) is 19.7. The van der Waals surface area contributed by atoms with Crippen LogP contribution in [0.4, 0.5) is 10.1 Å². The van der Waals surface area contributed by atoms with Crippen molar-refractivity contribution in [3.8, 4) is 0 Å². The number of halogens is 1. The van der Waals surface area contributed by atoms with Crippen LogP contribution < -0.4 is 9.44 Å². The van der Waals surface area contributed by atoms with Gasteiger partial charge in [-0.1, -0.05) is 25.1 Å². The summed E-state index contributed by atoms with van der Waals surface area (Å²) in [5, 5.41) is 0.611. The third kappa shape index (κ3) is 3.92. The first kappa shape index (κ1) is 19.2. The summed E-state index contributed by atoms with van der Waals surface area (Å²) in [5.41, 5.74) is -0.0176. The summed E-state index contributed by atoms with van der Waals surface area (Å²) in [6.45, 7) is 1.63. The molecule has 0 saturated carbocycles. The number of rotatable bonds is 6. The predicted octanol–water partition coefficient (Wildman–Crippen LogP) is 2.47. The van der Waals surface area contributed by atoms with Crippen LogP contribution in [-0.2, 0) is 20.0 Å². The molecule has 0 bridgehead atoms. The van der Waals surface area contributed by atoms with Crippen molar-refractivity contribution < 1.29 is 21.2 Å². The van der Waals surface area contributed by atoms with Crippen LogP contribution in [0.2, 0.25) is 0 Å². The molecule has 0 spiro atoms. The molecule has 3 rings (SSSR count). The van der Waals surface area contributed by atoms with Crippen LogP contribution in [0.25, 0.3) is 10.9 Å². The van der Waals surface area contributed by atoms with Gasteiger partial charge in [0.05, 0.1) is 11.2 Å². The van der Waals surface area contributed by atoms with E-state index in [0.717, 1.165) is 18.2 Å². The van der Waals surface area contributed by atoms with Crippen LogP contribution in [0.5, 0.6) is 0 Å². The Balaban J connectivity index is 2.12. The molecule has 0 amide bonds. The summed E-state index contributed by atoms with van der Waals surface area (Å²) in [4.78, 5) is 3.48. The molecule has 0 aliphatic heterocycles. The van der Waals surface area contributed by atoms with E-state index in [2.05, 4.69) is 14.4 Å². The second-order valence-electron chi connectivity index (χ2n) is 5.58. The highest BCUT2D eigenvalue weighted by Crippen LogP contribution is 2.27. The number of anilines is 1. The summed E-state index contributed by atoms with van der Waals surface area (Å²) >= 11 is 0. The number of fused-ring (bicyclic) bond motifs is 1. The Morgan fingerprint density at radius 3 is 2.44 bits per heavy atom. The van der Waals surface area contributed by atoms with Crippen LogP contribution in [0.3, 0.4) is 0 Å². The first-order chi connectivity index (χ1) is 12.7. The van der Waals surface area contributed by atoms with Crippen molar-refractivity contribution in [3.05, 3.63) is 60.5 Å². The average molecular weight is 409 g/mol. The Morgan fingerprint density at radius 1 is 0.963 bits per heavy atom. The number of aromatic nitrogens is 1. The fourth-order valence-electron chi connectivity index (χ4n) is 2.56. The van der Waals surface area contributed by atoms with E-state index in [4.69, 9.17) is 0 Å².